The highest BCUT2D eigenvalue weighted by molar-refractivity contribution is 6.07. The Balaban J connectivity index is 1.61. The molecular formula is C25H21N3O4. The Morgan fingerprint density at radius 2 is 1.84 bits per heavy atom. The van der Waals surface area contributed by atoms with E-state index in [0.717, 1.165) is 22.6 Å². The van der Waals surface area contributed by atoms with E-state index in [-0.39, 0.29) is 5.91 Å². The predicted octanol–water partition coefficient (Wildman–Crippen LogP) is 5.52. The summed E-state index contributed by atoms with van der Waals surface area (Å²) in [5, 5.41) is 7.71. The Kier molecular flexibility index (Phi) is 4.86. The zero-order chi connectivity index (χ0) is 22.2. The maximum absolute atomic E-state index is 13.6. The second kappa shape index (κ2) is 7.85. The molecule has 32 heavy (non-hydrogen) atoms. The van der Waals surface area contributed by atoms with Crippen molar-refractivity contribution in [2.24, 2.45) is 0 Å². The molecule has 160 valence electrons. The molecule has 5 aromatic rings. The topological polar surface area (TPSA) is 94.3 Å². The van der Waals surface area contributed by atoms with Crippen LogP contribution in [0.3, 0.4) is 0 Å². The van der Waals surface area contributed by atoms with Crippen LogP contribution in [0.25, 0.3) is 22.4 Å². The molecule has 0 radical (unpaired) electrons. The van der Waals surface area contributed by atoms with Crippen molar-refractivity contribution in [1.82, 2.24) is 15.5 Å². The van der Waals surface area contributed by atoms with E-state index in [1.807, 2.05) is 56.3 Å². The van der Waals surface area contributed by atoms with Crippen LogP contribution in [0, 0.1) is 20.8 Å². The van der Waals surface area contributed by atoms with Crippen LogP contribution in [0.4, 0.5) is 0 Å². The van der Waals surface area contributed by atoms with Gasteiger partial charge in [0.15, 0.2) is 0 Å². The molecule has 0 fully saturated rings. The zero-order valence-electron chi connectivity index (χ0n) is 17.9. The zero-order valence-corrected chi connectivity index (χ0v) is 17.9. The van der Waals surface area contributed by atoms with Crippen LogP contribution < -0.4 is 5.32 Å². The lowest BCUT2D eigenvalue weighted by Gasteiger charge is -2.18. The molecule has 7 nitrogen and oxygen atoms in total. The number of nitrogens with one attached hydrogen (secondary N) is 1. The molecule has 1 atom stereocenters. The normalized spacial score (nSPS) is 12.2. The van der Waals surface area contributed by atoms with E-state index in [9.17, 15) is 4.79 Å². The first-order chi connectivity index (χ1) is 15.5. The Morgan fingerprint density at radius 3 is 2.53 bits per heavy atom. The first-order valence-corrected chi connectivity index (χ1v) is 10.2. The Bertz CT molecular complexity index is 1400. The van der Waals surface area contributed by atoms with Crippen LogP contribution in [-0.2, 0) is 0 Å². The average Bonchev–Trinajstić information content (AvgIpc) is 3.53. The molecule has 0 aliphatic rings. The van der Waals surface area contributed by atoms with E-state index in [2.05, 4.69) is 15.5 Å². The molecule has 1 amide bonds. The van der Waals surface area contributed by atoms with Gasteiger partial charge in [0.25, 0.3) is 11.6 Å². The molecule has 1 aromatic carbocycles. The number of carbonyl (C=O) groups is 1. The number of furan rings is 2. The Morgan fingerprint density at radius 1 is 1.03 bits per heavy atom. The number of aromatic nitrogens is 2. The number of amides is 1. The monoisotopic (exact) mass is 427 g/mol. The van der Waals surface area contributed by atoms with Crippen molar-refractivity contribution in [2.75, 3.05) is 0 Å². The summed E-state index contributed by atoms with van der Waals surface area (Å²) in [6, 6.07) is 16.5. The summed E-state index contributed by atoms with van der Waals surface area (Å²) in [4.78, 5) is 18.2. The summed E-state index contributed by atoms with van der Waals surface area (Å²) in [6.07, 6.45) is 1.59. The largest absolute Gasteiger partial charge is 0.467 e. The van der Waals surface area contributed by atoms with Crippen molar-refractivity contribution in [3.8, 4) is 11.3 Å². The number of hydrogen-bond donors (Lipinski definition) is 1. The number of carbonyl (C=O) groups excluding carboxylic acids is 1. The summed E-state index contributed by atoms with van der Waals surface area (Å²) >= 11 is 0. The standard InChI is InChI=1S/C25H21N3O4/c1-14-12-18(16(3)31-14)20-13-19(22-15(2)28-32-25(22)26-20)24(29)27-23(21-10-7-11-30-21)17-8-5-4-6-9-17/h4-13,23H,1-3H3,(H,27,29). The number of pyridine rings is 1. The molecular weight excluding hydrogens is 406 g/mol. The molecule has 0 saturated carbocycles. The van der Waals surface area contributed by atoms with Crippen molar-refractivity contribution < 1.29 is 18.2 Å². The van der Waals surface area contributed by atoms with Gasteiger partial charge in [0.1, 0.15) is 23.3 Å². The number of aryl methyl sites for hydroxylation is 3. The fourth-order valence-electron chi connectivity index (χ4n) is 3.93. The molecule has 4 aromatic heterocycles. The molecule has 0 bridgehead atoms. The minimum atomic E-state index is -0.455. The quantitative estimate of drug-likeness (QED) is 0.397. The second-order valence-electron chi connectivity index (χ2n) is 7.66. The number of benzene rings is 1. The van der Waals surface area contributed by atoms with Crippen LogP contribution in [0.15, 0.2) is 74.2 Å². The van der Waals surface area contributed by atoms with E-state index < -0.39 is 6.04 Å². The third kappa shape index (κ3) is 3.47. The summed E-state index contributed by atoms with van der Waals surface area (Å²) in [5.41, 5.74) is 3.62. The summed E-state index contributed by atoms with van der Waals surface area (Å²) in [6.45, 7) is 5.52. The van der Waals surface area contributed by atoms with Gasteiger partial charge < -0.3 is 18.7 Å². The third-order valence-electron chi connectivity index (χ3n) is 5.41. The maximum atomic E-state index is 13.6. The highest BCUT2D eigenvalue weighted by Gasteiger charge is 2.25. The van der Waals surface area contributed by atoms with Gasteiger partial charge in [-0.05, 0) is 50.6 Å². The Hall–Kier alpha value is -4.13. The van der Waals surface area contributed by atoms with Crippen LogP contribution in [0.1, 0.15) is 44.9 Å². The average molecular weight is 427 g/mol. The highest BCUT2D eigenvalue weighted by atomic mass is 16.5. The first kappa shape index (κ1) is 19.8. The van der Waals surface area contributed by atoms with E-state index >= 15 is 0 Å². The predicted molar refractivity (Wildman–Crippen MR) is 118 cm³/mol. The number of fused-ring (bicyclic) bond motifs is 1. The lowest BCUT2D eigenvalue weighted by atomic mass is 10.0. The number of nitrogens with zero attached hydrogens (tertiary/aromatic N) is 2. The van der Waals surface area contributed by atoms with Gasteiger partial charge in [-0.3, -0.25) is 4.79 Å². The van der Waals surface area contributed by atoms with Gasteiger partial charge >= 0.3 is 0 Å². The van der Waals surface area contributed by atoms with Gasteiger partial charge in [-0.25, -0.2) is 4.98 Å². The van der Waals surface area contributed by atoms with E-state index in [1.165, 1.54) is 0 Å². The molecule has 7 heteroatoms. The molecule has 1 unspecified atom stereocenters. The fraction of sp³-hybridized carbons (Fsp3) is 0.160. The molecule has 0 aliphatic heterocycles. The minimum absolute atomic E-state index is 0.284. The Labute approximate surface area is 184 Å². The van der Waals surface area contributed by atoms with Crippen molar-refractivity contribution in [3.63, 3.8) is 0 Å². The molecule has 5 rings (SSSR count). The van der Waals surface area contributed by atoms with Crippen LogP contribution in [-0.4, -0.2) is 16.0 Å². The van der Waals surface area contributed by atoms with Gasteiger partial charge in [0, 0.05) is 5.56 Å². The van der Waals surface area contributed by atoms with Crippen LogP contribution in [0.5, 0.6) is 0 Å². The molecule has 0 aliphatic carbocycles. The van der Waals surface area contributed by atoms with Crippen molar-refractivity contribution in [2.45, 2.75) is 26.8 Å². The molecule has 0 spiro atoms. The van der Waals surface area contributed by atoms with Crippen molar-refractivity contribution in [1.29, 1.82) is 0 Å². The fourth-order valence-corrected chi connectivity index (χ4v) is 3.93. The lowest BCUT2D eigenvalue weighted by molar-refractivity contribution is 0.0940. The smallest absolute Gasteiger partial charge is 0.259 e. The maximum Gasteiger partial charge on any atom is 0.259 e. The second-order valence-corrected chi connectivity index (χ2v) is 7.66. The molecule has 1 N–H and O–H groups in total. The van der Waals surface area contributed by atoms with Crippen LogP contribution >= 0.6 is 0 Å². The third-order valence-corrected chi connectivity index (χ3v) is 5.41. The first-order valence-electron chi connectivity index (χ1n) is 10.2. The van der Waals surface area contributed by atoms with Gasteiger partial charge in [0.2, 0.25) is 0 Å². The van der Waals surface area contributed by atoms with E-state index in [1.54, 1.807) is 25.3 Å². The SMILES string of the molecule is Cc1cc(-c2cc(C(=O)NC(c3ccccc3)c3ccco3)c3c(C)noc3n2)c(C)o1. The summed E-state index contributed by atoms with van der Waals surface area (Å²) in [7, 11) is 0. The van der Waals surface area contributed by atoms with Crippen LogP contribution in [0.2, 0.25) is 0 Å². The van der Waals surface area contributed by atoms with Crippen molar-refractivity contribution >= 4 is 17.0 Å². The van der Waals surface area contributed by atoms with Gasteiger partial charge in [-0.2, -0.15) is 0 Å². The van der Waals surface area contributed by atoms with Crippen molar-refractivity contribution in [3.05, 3.63) is 95.0 Å². The van der Waals surface area contributed by atoms with Gasteiger partial charge in [0.05, 0.1) is 28.6 Å². The highest BCUT2D eigenvalue weighted by Crippen LogP contribution is 2.31. The minimum Gasteiger partial charge on any atom is -0.467 e. The number of hydrogen-bond acceptors (Lipinski definition) is 6. The van der Waals surface area contributed by atoms with Gasteiger partial charge in [-0.1, -0.05) is 35.5 Å². The van der Waals surface area contributed by atoms with Gasteiger partial charge in [-0.15, -0.1) is 0 Å². The molecule has 0 saturated heterocycles. The summed E-state index contributed by atoms with van der Waals surface area (Å²) < 4.78 is 16.7. The summed E-state index contributed by atoms with van der Waals surface area (Å²) in [5.74, 6) is 1.84. The van der Waals surface area contributed by atoms with E-state index in [0.29, 0.717) is 33.8 Å². The van der Waals surface area contributed by atoms with E-state index in [4.69, 9.17) is 13.4 Å². The number of rotatable bonds is 5. The molecule has 4 heterocycles. The lowest BCUT2D eigenvalue weighted by Crippen LogP contribution is -2.29.